The van der Waals surface area contributed by atoms with E-state index >= 15 is 0 Å². The zero-order valence-corrected chi connectivity index (χ0v) is 12.0. The van der Waals surface area contributed by atoms with Gasteiger partial charge >= 0.3 is 0 Å². The fourth-order valence-electron chi connectivity index (χ4n) is 2.42. The van der Waals surface area contributed by atoms with Crippen LogP contribution < -0.4 is 5.73 Å². The minimum absolute atomic E-state index is 0.773. The monoisotopic (exact) mass is 260 g/mol. The van der Waals surface area contributed by atoms with Crippen molar-refractivity contribution in [3.8, 4) is 0 Å². The summed E-state index contributed by atoms with van der Waals surface area (Å²) in [5.74, 6) is 0. The Kier molecular flexibility index (Phi) is 4.80. The fourth-order valence-corrected chi connectivity index (χ4v) is 2.42. The van der Waals surface area contributed by atoms with E-state index in [1.54, 1.807) is 0 Å². The number of aromatic nitrogens is 2. The molecule has 0 aliphatic carbocycles. The molecule has 104 valence electrons. The summed E-state index contributed by atoms with van der Waals surface area (Å²) < 4.78 is 2.01. The first-order chi connectivity index (χ1) is 9.22. The molecule has 2 heterocycles. The second-order valence-electron chi connectivity index (χ2n) is 5.05. The zero-order chi connectivity index (χ0) is 13.7. The van der Waals surface area contributed by atoms with Gasteiger partial charge < -0.3 is 15.0 Å². The van der Waals surface area contributed by atoms with Gasteiger partial charge in [0.2, 0.25) is 0 Å². The third-order valence-electron chi connectivity index (χ3n) is 3.29. The van der Waals surface area contributed by atoms with E-state index < -0.39 is 0 Å². The minimum Gasteiger partial charge on any atom is -0.398 e. The topological polar surface area (TPSA) is 46.6 Å². The second kappa shape index (κ2) is 6.57. The van der Waals surface area contributed by atoms with Crippen molar-refractivity contribution in [3.05, 3.63) is 30.2 Å². The Labute approximate surface area is 115 Å². The molecule has 2 aromatic rings. The smallest absolute Gasteiger partial charge is 0.137 e. The molecule has 19 heavy (non-hydrogen) atoms. The molecule has 0 spiro atoms. The van der Waals surface area contributed by atoms with Crippen LogP contribution in [0.5, 0.6) is 0 Å². The van der Waals surface area contributed by atoms with Crippen molar-refractivity contribution >= 4 is 11.3 Å². The van der Waals surface area contributed by atoms with E-state index in [2.05, 4.69) is 29.9 Å². The number of nitrogen functional groups attached to an aromatic ring is 1. The summed E-state index contributed by atoms with van der Waals surface area (Å²) in [6.45, 7) is 7.90. The van der Waals surface area contributed by atoms with Crippen LogP contribution in [0.25, 0.3) is 5.65 Å². The molecule has 0 saturated carbocycles. The van der Waals surface area contributed by atoms with E-state index in [1.165, 1.54) is 25.9 Å². The second-order valence-corrected chi connectivity index (χ2v) is 5.05. The average Bonchev–Trinajstić information content (AvgIpc) is 2.78. The molecule has 2 aromatic heterocycles. The first-order valence-corrected chi connectivity index (χ1v) is 7.18. The zero-order valence-electron chi connectivity index (χ0n) is 12.0. The third kappa shape index (κ3) is 3.70. The highest BCUT2D eigenvalue weighted by Crippen LogP contribution is 2.10. The predicted octanol–water partition coefficient (Wildman–Crippen LogP) is 2.58. The highest BCUT2D eigenvalue weighted by atomic mass is 15.1. The standard InChI is InChI=1S/C15H24N4/c1-3-8-18(9-4-2)10-7-14-12-19-11-13(16)5-6-15(19)17-14/h5-6,11-12H,3-4,7-10,16H2,1-2H3. The van der Waals surface area contributed by atoms with E-state index in [4.69, 9.17) is 5.73 Å². The van der Waals surface area contributed by atoms with Gasteiger partial charge in [0, 0.05) is 31.0 Å². The maximum atomic E-state index is 5.78. The van der Waals surface area contributed by atoms with Crippen LogP contribution >= 0.6 is 0 Å². The van der Waals surface area contributed by atoms with Gasteiger partial charge in [-0.2, -0.15) is 0 Å². The molecule has 0 aliphatic heterocycles. The number of anilines is 1. The number of nitrogens with two attached hydrogens (primary N) is 1. The van der Waals surface area contributed by atoms with Crippen molar-refractivity contribution < 1.29 is 0 Å². The van der Waals surface area contributed by atoms with Crippen LogP contribution in [-0.4, -0.2) is 33.9 Å². The molecule has 0 saturated heterocycles. The molecule has 0 radical (unpaired) electrons. The van der Waals surface area contributed by atoms with Crippen molar-refractivity contribution in [2.75, 3.05) is 25.4 Å². The lowest BCUT2D eigenvalue weighted by Gasteiger charge is -2.20. The van der Waals surface area contributed by atoms with Crippen molar-refractivity contribution in [2.45, 2.75) is 33.1 Å². The molecule has 0 aromatic carbocycles. The van der Waals surface area contributed by atoms with Gasteiger partial charge in [0.05, 0.1) is 5.69 Å². The first-order valence-electron chi connectivity index (χ1n) is 7.18. The maximum absolute atomic E-state index is 5.78. The summed E-state index contributed by atoms with van der Waals surface area (Å²) in [7, 11) is 0. The fraction of sp³-hybridized carbons (Fsp3) is 0.533. The molecular formula is C15H24N4. The van der Waals surface area contributed by atoms with Crippen LogP contribution in [0, 0.1) is 0 Å². The number of rotatable bonds is 7. The molecule has 0 aliphatic rings. The van der Waals surface area contributed by atoms with Crippen LogP contribution in [0.3, 0.4) is 0 Å². The SMILES string of the molecule is CCCN(CCC)CCc1cn2cc(N)ccc2n1. The van der Waals surface area contributed by atoms with E-state index in [1.807, 2.05) is 22.7 Å². The van der Waals surface area contributed by atoms with Gasteiger partial charge in [-0.15, -0.1) is 0 Å². The largest absolute Gasteiger partial charge is 0.398 e. The van der Waals surface area contributed by atoms with Crippen LogP contribution in [-0.2, 0) is 6.42 Å². The number of hydrogen-bond acceptors (Lipinski definition) is 3. The van der Waals surface area contributed by atoms with Crippen LogP contribution in [0.15, 0.2) is 24.5 Å². The molecular weight excluding hydrogens is 236 g/mol. The predicted molar refractivity (Wildman–Crippen MR) is 80.3 cm³/mol. The van der Waals surface area contributed by atoms with Gasteiger partial charge in [-0.1, -0.05) is 13.8 Å². The molecule has 0 atom stereocenters. The molecule has 0 unspecified atom stereocenters. The van der Waals surface area contributed by atoms with Gasteiger partial charge in [0.15, 0.2) is 0 Å². The quantitative estimate of drug-likeness (QED) is 0.832. The summed E-state index contributed by atoms with van der Waals surface area (Å²) in [6, 6.07) is 3.86. The van der Waals surface area contributed by atoms with E-state index in [0.717, 1.165) is 30.0 Å². The molecule has 2 N–H and O–H groups in total. The van der Waals surface area contributed by atoms with Crippen molar-refractivity contribution in [3.63, 3.8) is 0 Å². The molecule has 0 fully saturated rings. The van der Waals surface area contributed by atoms with Crippen LogP contribution in [0.1, 0.15) is 32.4 Å². The Morgan fingerprint density at radius 2 is 1.84 bits per heavy atom. The Morgan fingerprint density at radius 3 is 2.53 bits per heavy atom. The van der Waals surface area contributed by atoms with Crippen LogP contribution in [0.4, 0.5) is 5.69 Å². The summed E-state index contributed by atoms with van der Waals surface area (Å²) in [4.78, 5) is 7.14. The van der Waals surface area contributed by atoms with Crippen LogP contribution in [0.2, 0.25) is 0 Å². The third-order valence-corrected chi connectivity index (χ3v) is 3.29. The van der Waals surface area contributed by atoms with Crippen molar-refractivity contribution in [1.29, 1.82) is 0 Å². The Balaban J connectivity index is 2.00. The summed E-state index contributed by atoms with van der Waals surface area (Å²) >= 11 is 0. The maximum Gasteiger partial charge on any atom is 0.137 e. The van der Waals surface area contributed by atoms with Gasteiger partial charge in [-0.3, -0.25) is 0 Å². The number of fused-ring (bicyclic) bond motifs is 1. The molecule has 0 bridgehead atoms. The van der Waals surface area contributed by atoms with E-state index in [-0.39, 0.29) is 0 Å². The lowest BCUT2D eigenvalue weighted by Crippen LogP contribution is -2.27. The first kappa shape index (κ1) is 13.9. The Bertz CT molecular complexity index is 512. The number of hydrogen-bond donors (Lipinski definition) is 1. The lowest BCUT2D eigenvalue weighted by atomic mass is 10.3. The lowest BCUT2D eigenvalue weighted by molar-refractivity contribution is 0.277. The summed E-state index contributed by atoms with van der Waals surface area (Å²) in [5.41, 5.74) is 8.67. The number of nitrogens with zero attached hydrogens (tertiary/aromatic N) is 3. The molecule has 4 heteroatoms. The average molecular weight is 260 g/mol. The molecule has 4 nitrogen and oxygen atoms in total. The minimum atomic E-state index is 0.773. The van der Waals surface area contributed by atoms with Gasteiger partial charge in [-0.05, 0) is 38.1 Å². The number of pyridine rings is 1. The van der Waals surface area contributed by atoms with E-state index in [0.29, 0.717) is 0 Å². The van der Waals surface area contributed by atoms with Gasteiger partial charge in [-0.25, -0.2) is 4.98 Å². The Hall–Kier alpha value is -1.55. The highest BCUT2D eigenvalue weighted by molar-refractivity contribution is 5.48. The molecule has 2 rings (SSSR count). The summed E-state index contributed by atoms with van der Waals surface area (Å²) in [6.07, 6.45) is 7.43. The van der Waals surface area contributed by atoms with Crippen molar-refractivity contribution in [2.24, 2.45) is 0 Å². The normalized spacial score (nSPS) is 11.5. The van der Waals surface area contributed by atoms with Gasteiger partial charge in [0.1, 0.15) is 5.65 Å². The molecule has 0 amide bonds. The van der Waals surface area contributed by atoms with Crippen molar-refractivity contribution in [1.82, 2.24) is 14.3 Å². The van der Waals surface area contributed by atoms with Gasteiger partial charge in [0.25, 0.3) is 0 Å². The Morgan fingerprint density at radius 1 is 1.11 bits per heavy atom. The highest BCUT2D eigenvalue weighted by Gasteiger charge is 2.06. The van der Waals surface area contributed by atoms with E-state index in [9.17, 15) is 0 Å². The summed E-state index contributed by atoms with van der Waals surface area (Å²) in [5, 5.41) is 0. The number of imidazole rings is 1.